The fraction of sp³-hybridized carbons (Fsp3) is 0.412. The molecule has 2 N–H and O–H groups in total. The van der Waals surface area contributed by atoms with Crippen molar-refractivity contribution in [2.45, 2.75) is 13.3 Å². The second kappa shape index (κ2) is 7.27. The quantitative estimate of drug-likeness (QED) is 0.783. The van der Waals surface area contributed by atoms with Crippen molar-refractivity contribution in [1.82, 2.24) is 10.3 Å². The van der Waals surface area contributed by atoms with Gasteiger partial charge in [0.15, 0.2) is 0 Å². The van der Waals surface area contributed by atoms with Crippen LogP contribution in [0.15, 0.2) is 28.9 Å². The number of halogens is 1. The van der Waals surface area contributed by atoms with Crippen LogP contribution in [0.1, 0.15) is 23.7 Å². The maximum Gasteiger partial charge on any atom is 0.341 e. The predicted molar refractivity (Wildman–Crippen MR) is 94.9 cm³/mol. The predicted octanol–water partition coefficient (Wildman–Crippen LogP) is 3.20. The van der Waals surface area contributed by atoms with E-state index in [1.807, 2.05) is 18.2 Å². The molecule has 23 heavy (non-hydrogen) atoms. The van der Waals surface area contributed by atoms with Crippen LogP contribution >= 0.6 is 15.9 Å². The van der Waals surface area contributed by atoms with Crippen LogP contribution in [0.5, 0.6) is 0 Å². The van der Waals surface area contributed by atoms with E-state index in [9.17, 15) is 4.79 Å². The lowest BCUT2D eigenvalue weighted by Gasteiger charge is -2.16. The molecule has 122 valence electrons. The van der Waals surface area contributed by atoms with Gasteiger partial charge in [0.05, 0.1) is 17.8 Å². The zero-order chi connectivity index (χ0) is 16.2. The molecule has 1 atom stereocenters. The maximum absolute atomic E-state index is 12.3. The van der Waals surface area contributed by atoms with E-state index in [1.165, 1.54) is 0 Å². The summed E-state index contributed by atoms with van der Waals surface area (Å²) in [5.41, 5.74) is 2.15. The summed E-state index contributed by atoms with van der Waals surface area (Å²) in [4.78, 5) is 16.7. The van der Waals surface area contributed by atoms with E-state index in [-0.39, 0.29) is 5.97 Å². The normalized spacial score (nSPS) is 17.4. The fourth-order valence-corrected chi connectivity index (χ4v) is 3.22. The Morgan fingerprint density at radius 2 is 2.39 bits per heavy atom. The number of fused-ring (bicyclic) bond motifs is 1. The average Bonchev–Trinajstić information content (AvgIpc) is 3.06. The second-order valence-electron chi connectivity index (χ2n) is 5.67. The number of esters is 1. The molecule has 0 aliphatic carbocycles. The summed E-state index contributed by atoms with van der Waals surface area (Å²) in [5.74, 6) is 0.231. The van der Waals surface area contributed by atoms with Gasteiger partial charge in [-0.1, -0.05) is 15.9 Å². The molecule has 1 saturated heterocycles. The van der Waals surface area contributed by atoms with Gasteiger partial charge in [-0.15, -0.1) is 0 Å². The first-order valence-corrected chi connectivity index (χ1v) is 8.68. The van der Waals surface area contributed by atoms with Gasteiger partial charge >= 0.3 is 5.97 Å². The molecule has 6 heteroatoms. The van der Waals surface area contributed by atoms with Gasteiger partial charge in [-0.3, -0.25) is 4.98 Å². The molecule has 0 saturated carbocycles. The summed E-state index contributed by atoms with van der Waals surface area (Å²) in [6.07, 6.45) is 2.75. The Morgan fingerprint density at radius 1 is 1.52 bits per heavy atom. The van der Waals surface area contributed by atoms with Crippen LogP contribution in [0.3, 0.4) is 0 Å². The summed E-state index contributed by atoms with van der Waals surface area (Å²) in [5, 5.41) is 7.75. The maximum atomic E-state index is 12.3. The van der Waals surface area contributed by atoms with Crippen molar-refractivity contribution in [2.24, 2.45) is 5.92 Å². The Labute approximate surface area is 143 Å². The van der Waals surface area contributed by atoms with Crippen LogP contribution in [0.4, 0.5) is 5.69 Å². The van der Waals surface area contributed by atoms with E-state index in [2.05, 4.69) is 31.5 Å². The third-order valence-electron chi connectivity index (χ3n) is 4.06. The first kappa shape index (κ1) is 16.2. The lowest BCUT2D eigenvalue weighted by atomic mass is 10.1. The molecule has 1 aromatic carbocycles. The number of ether oxygens (including phenoxy) is 1. The van der Waals surface area contributed by atoms with Crippen LogP contribution in [-0.4, -0.2) is 37.2 Å². The number of carbonyl (C=O) groups is 1. The van der Waals surface area contributed by atoms with Crippen molar-refractivity contribution in [3.05, 3.63) is 34.4 Å². The molecule has 2 heterocycles. The minimum Gasteiger partial charge on any atom is -0.462 e. The molecule has 3 rings (SSSR count). The second-order valence-corrected chi connectivity index (χ2v) is 6.58. The molecule has 5 nitrogen and oxygen atoms in total. The van der Waals surface area contributed by atoms with Gasteiger partial charge in [-0.05, 0) is 50.6 Å². The van der Waals surface area contributed by atoms with Crippen molar-refractivity contribution in [2.75, 3.05) is 31.6 Å². The number of rotatable bonds is 5. The highest BCUT2D eigenvalue weighted by molar-refractivity contribution is 9.10. The van der Waals surface area contributed by atoms with Crippen molar-refractivity contribution < 1.29 is 9.53 Å². The van der Waals surface area contributed by atoms with Crippen LogP contribution in [0.25, 0.3) is 10.9 Å². The minimum atomic E-state index is -0.339. The van der Waals surface area contributed by atoms with Gasteiger partial charge in [0.2, 0.25) is 0 Å². The number of pyridine rings is 1. The average molecular weight is 378 g/mol. The third kappa shape index (κ3) is 3.64. The number of anilines is 1. The summed E-state index contributed by atoms with van der Waals surface area (Å²) in [6, 6.07) is 5.88. The summed E-state index contributed by atoms with van der Waals surface area (Å²) >= 11 is 3.49. The van der Waals surface area contributed by atoms with Gasteiger partial charge in [0.25, 0.3) is 0 Å². The van der Waals surface area contributed by atoms with E-state index in [0.29, 0.717) is 18.1 Å². The number of nitrogens with one attached hydrogen (secondary N) is 2. The van der Waals surface area contributed by atoms with Gasteiger partial charge in [0.1, 0.15) is 5.56 Å². The first-order chi connectivity index (χ1) is 11.2. The van der Waals surface area contributed by atoms with Crippen LogP contribution in [-0.2, 0) is 4.74 Å². The number of benzene rings is 1. The Hall–Kier alpha value is -1.66. The molecule has 0 spiro atoms. The summed E-state index contributed by atoms with van der Waals surface area (Å²) in [7, 11) is 0. The Bertz CT molecular complexity index is 714. The first-order valence-electron chi connectivity index (χ1n) is 7.89. The standard InChI is InChI=1S/C17H20BrN3O2/c1-2-23-17(22)14-10-20-15-4-3-12(18)7-13(15)16(14)21-9-11-5-6-19-8-11/h3-4,7,10-11,19H,2,5-6,8-9H2,1H3,(H,20,21). The lowest BCUT2D eigenvalue weighted by Crippen LogP contribution is -2.19. The topological polar surface area (TPSA) is 63.2 Å². The zero-order valence-electron chi connectivity index (χ0n) is 13.1. The third-order valence-corrected chi connectivity index (χ3v) is 4.55. The molecule has 1 aromatic heterocycles. The van der Waals surface area contributed by atoms with Crippen molar-refractivity contribution in [3.8, 4) is 0 Å². The van der Waals surface area contributed by atoms with Crippen molar-refractivity contribution in [3.63, 3.8) is 0 Å². The van der Waals surface area contributed by atoms with Gasteiger partial charge in [0, 0.05) is 22.6 Å². The number of hydrogen-bond donors (Lipinski definition) is 2. The van der Waals surface area contributed by atoms with Gasteiger partial charge in [-0.25, -0.2) is 4.79 Å². The molecule has 0 bridgehead atoms. The van der Waals surface area contributed by atoms with Gasteiger partial charge < -0.3 is 15.4 Å². The van der Waals surface area contributed by atoms with E-state index in [4.69, 9.17) is 4.74 Å². The van der Waals surface area contributed by atoms with Crippen molar-refractivity contribution in [1.29, 1.82) is 0 Å². The zero-order valence-corrected chi connectivity index (χ0v) is 14.6. The Kier molecular flexibility index (Phi) is 5.13. The molecule has 1 fully saturated rings. The van der Waals surface area contributed by atoms with Crippen LogP contribution in [0, 0.1) is 5.92 Å². The number of nitrogens with zero attached hydrogens (tertiary/aromatic N) is 1. The highest BCUT2D eigenvalue weighted by atomic mass is 79.9. The summed E-state index contributed by atoms with van der Waals surface area (Å²) < 4.78 is 6.13. The van der Waals surface area contributed by atoms with E-state index in [0.717, 1.165) is 47.1 Å². The highest BCUT2D eigenvalue weighted by Gasteiger charge is 2.19. The molecule has 1 aliphatic heterocycles. The number of carbonyl (C=O) groups excluding carboxylic acids is 1. The van der Waals surface area contributed by atoms with Crippen LogP contribution < -0.4 is 10.6 Å². The highest BCUT2D eigenvalue weighted by Crippen LogP contribution is 2.29. The number of hydrogen-bond acceptors (Lipinski definition) is 5. The molecular weight excluding hydrogens is 358 g/mol. The molecule has 2 aromatic rings. The molecule has 1 unspecified atom stereocenters. The molecular formula is C17H20BrN3O2. The van der Waals surface area contributed by atoms with Gasteiger partial charge in [-0.2, -0.15) is 0 Å². The molecule has 0 amide bonds. The van der Waals surface area contributed by atoms with Crippen LogP contribution in [0.2, 0.25) is 0 Å². The fourth-order valence-electron chi connectivity index (χ4n) is 2.85. The van der Waals surface area contributed by atoms with E-state index in [1.54, 1.807) is 13.1 Å². The van der Waals surface area contributed by atoms with E-state index < -0.39 is 0 Å². The minimum absolute atomic E-state index is 0.339. The lowest BCUT2D eigenvalue weighted by molar-refractivity contribution is 0.0527. The SMILES string of the molecule is CCOC(=O)c1cnc2ccc(Br)cc2c1NCC1CCNC1. The summed E-state index contributed by atoms with van der Waals surface area (Å²) in [6.45, 7) is 5.04. The van der Waals surface area contributed by atoms with E-state index >= 15 is 0 Å². The monoisotopic (exact) mass is 377 g/mol. The Morgan fingerprint density at radius 3 is 3.13 bits per heavy atom. The van der Waals surface area contributed by atoms with Crippen molar-refractivity contribution >= 4 is 38.5 Å². The largest absolute Gasteiger partial charge is 0.462 e. The Balaban J connectivity index is 1.98. The smallest absolute Gasteiger partial charge is 0.341 e. The number of aromatic nitrogens is 1. The molecule has 1 aliphatic rings. The molecule has 0 radical (unpaired) electrons.